The van der Waals surface area contributed by atoms with E-state index in [1.165, 1.54) is 0 Å². The van der Waals surface area contributed by atoms with Crippen LogP contribution in [-0.4, -0.2) is 7.32 Å². The van der Waals surface area contributed by atoms with Crippen LogP contribution in [0.2, 0.25) is 20.1 Å². The summed E-state index contributed by atoms with van der Waals surface area (Å²) in [6.45, 7) is 1.00. The Morgan fingerprint density at radius 3 is 1.40 bits per heavy atom. The molecule has 0 aliphatic rings. The number of hydrogen-bond donors (Lipinski definition) is 0. The minimum atomic E-state index is -1.18. The zero-order valence-electron chi connectivity index (χ0n) is 18.3. The molecule has 35 heavy (non-hydrogen) atoms. The normalized spacial score (nSPS) is 10.6. The van der Waals surface area contributed by atoms with Crippen molar-refractivity contribution in [2.75, 3.05) is 0 Å². The first-order chi connectivity index (χ1) is 16.9. The molecule has 178 valence electrons. The molecule has 0 atom stereocenters. The van der Waals surface area contributed by atoms with Crippen molar-refractivity contribution in [3.63, 3.8) is 0 Å². The van der Waals surface area contributed by atoms with Crippen molar-refractivity contribution in [3.8, 4) is 17.2 Å². The SMILES string of the molecule is Clc1cc(Cl)cc(OB(Oc2ccc(COCc3ccccc3)cc2)Oc2cc(Cl)cc(Cl)c2)c1. The third-order valence-corrected chi connectivity index (χ3v) is 5.55. The standard InChI is InChI=1S/C26H19BCl4O4/c28-20-10-21(29)13-25(12-20)34-27(35-26-14-22(30)11-23(31)15-26)33-24-8-6-19(7-9-24)17-32-16-18-4-2-1-3-5-18/h1-15H,16-17H2. The fourth-order valence-corrected chi connectivity index (χ4v) is 4.14. The Labute approximate surface area is 224 Å². The van der Waals surface area contributed by atoms with Crippen molar-refractivity contribution >= 4 is 53.7 Å². The molecule has 0 bridgehead atoms. The Bertz CT molecular complexity index is 1160. The zero-order chi connectivity index (χ0) is 24.6. The van der Waals surface area contributed by atoms with Crippen LogP contribution in [0.25, 0.3) is 0 Å². The number of halogens is 4. The molecule has 0 aromatic heterocycles. The maximum Gasteiger partial charge on any atom is 0.864 e. The van der Waals surface area contributed by atoms with Crippen molar-refractivity contribution in [1.29, 1.82) is 0 Å². The topological polar surface area (TPSA) is 36.9 Å². The van der Waals surface area contributed by atoms with Gasteiger partial charge in [0.25, 0.3) is 0 Å². The second-order valence-corrected chi connectivity index (χ2v) is 9.22. The van der Waals surface area contributed by atoms with E-state index in [0.29, 0.717) is 50.6 Å². The van der Waals surface area contributed by atoms with Crippen LogP contribution >= 0.6 is 46.4 Å². The molecule has 0 aliphatic carbocycles. The van der Waals surface area contributed by atoms with Gasteiger partial charge in [-0.2, -0.15) is 0 Å². The molecule has 0 heterocycles. The molecular formula is C26H19BCl4O4. The minimum Gasteiger partial charge on any atom is -0.490 e. The molecule has 0 radical (unpaired) electrons. The average molecular weight is 548 g/mol. The number of rotatable bonds is 10. The Hall–Kier alpha value is -2.54. The summed E-state index contributed by atoms with van der Waals surface area (Å²) < 4.78 is 23.5. The summed E-state index contributed by atoms with van der Waals surface area (Å²) in [5, 5.41) is 1.66. The van der Waals surface area contributed by atoms with Crippen molar-refractivity contribution in [2.45, 2.75) is 13.2 Å². The molecule has 0 aliphatic heterocycles. The van der Waals surface area contributed by atoms with Gasteiger partial charge >= 0.3 is 7.32 Å². The molecule has 9 heteroatoms. The van der Waals surface area contributed by atoms with Crippen LogP contribution < -0.4 is 14.0 Å². The molecule has 0 saturated carbocycles. The van der Waals surface area contributed by atoms with E-state index in [1.54, 1.807) is 48.5 Å². The van der Waals surface area contributed by atoms with Gasteiger partial charge in [0, 0.05) is 20.1 Å². The summed E-state index contributed by atoms with van der Waals surface area (Å²) in [6.07, 6.45) is 0. The summed E-state index contributed by atoms with van der Waals surface area (Å²) >= 11 is 24.4. The lowest BCUT2D eigenvalue weighted by Gasteiger charge is -2.17. The van der Waals surface area contributed by atoms with Crippen LogP contribution in [0.3, 0.4) is 0 Å². The average Bonchev–Trinajstić information content (AvgIpc) is 2.79. The van der Waals surface area contributed by atoms with Gasteiger partial charge in [-0.05, 0) is 59.7 Å². The molecule has 4 rings (SSSR count). The van der Waals surface area contributed by atoms with Gasteiger partial charge in [-0.3, -0.25) is 0 Å². The van der Waals surface area contributed by atoms with Crippen LogP contribution in [0.5, 0.6) is 17.2 Å². The van der Waals surface area contributed by atoms with Crippen LogP contribution in [0, 0.1) is 0 Å². The Morgan fingerprint density at radius 1 is 0.486 bits per heavy atom. The highest BCUT2D eigenvalue weighted by Gasteiger charge is 2.31. The number of hydrogen-bond acceptors (Lipinski definition) is 4. The molecule has 0 N–H and O–H groups in total. The summed E-state index contributed by atoms with van der Waals surface area (Å²) in [5.74, 6) is 1.25. The predicted octanol–water partition coefficient (Wildman–Crippen LogP) is 8.54. The van der Waals surface area contributed by atoms with E-state index in [0.717, 1.165) is 11.1 Å². The molecule has 4 aromatic rings. The number of ether oxygens (including phenoxy) is 1. The third kappa shape index (κ3) is 8.27. The monoisotopic (exact) mass is 546 g/mol. The van der Waals surface area contributed by atoms with Crippen molar-refractivity contribution < 1.29 is 18.7 Å². The minimum absolute atomic E-state index is 0.367. The van der Waals surface area contributed by atoms with Gasteiger partial charge in [0.05, 0.1) is 13.2 Å². The van der Waals surface area contributed by atoms with Crippen LogP contribution in [0.4, 0.5) is 0 Å². The fourth-order valence-electron chi connectivity index (χ4n) is 3.12. The van der Waals surface area contributed by atoms with Gasteiger partial charge in [0.2, 0.25) is 0 Å². The fraction of sp³-hybridized carbons (Fsp3) is 0.0769. The molecule has 0 fully saturated rings. The van der Waals surface area contributed by atoms with Crippen molar-refractivity contribution in [2.24, 2.45) is 0 Å². The van der Waals surface area contributed by atoms with Crippen molar-refractivity contribution in [3.05, 3.63) is 122 Å². The highest BCUT2D eigenvalue weighted by atomic mass is 35.5. The maximum atomic E-state index is 6.10. The lowest BCUT2D eigenvalue weighted by atomic mass is 10.1. The quantitative estimate of drug-likeness (QED) is 0.186. The first-order valence-electron chi connectivity index (χ1n) is 10.6. The van der Waals surface area contributed by atoms with E-state index >= 15 is 0 Å². The summed E-state index contributed by atoms with van der Waals surface area (Å²) in [6, 6.07) is 27.0. The van der Waals surface area contributed by atoms with Crippen LogP contribution in [-0.2, 0) is 18.0 Å². The zero-order valence-corrected chi connectivity index (χ0v) is 21.3. The van der Waals surface area contributed by atoms with E-state index in [9.17, 15) is 0 Å². The second-order valence-electron chi connectivity index (χ2n) is 7.47. The summed E-state index contributed by atoms with van der Waals surface area (Å²) in [7, 11) is -1.18. The Morgan fingerprint density at radius 2 is 0.914 bits per heavy atom. The number of benzene rings is 4. The maximum absolute atomic E-state index is 6.10. The van der Waals surface area contributed by atoms with E-state index < -0.39 is 7.32 Å². The van der Waals surface area contributed by atoms with E-state index in [-0.39, 0.29) is 0 Å². The molecule has 0 saturated heterocycles. The summed E-state index contributed by atoms with van der Waals surface area (Å²) in [5.41, 5.74) is 2.11. The third-order valence-electron chi connectivity index (χ3n) is 4.67. The largest absolute Gasteiger partial charge is 0.864 e. The summed E-state index contributed by atoms with van der Waals surface area (Å²) in [4.78, 5) is 0. The van der Waals surface area contributed by atoms with Gasteiger partial charge in [-0.15, -0.1) is 0 Å². The second kappa shape index (κ2) is 12.4. The first-order valence-corrected chi connectivity index (χ1v) is 12.1. The molecule has 0 amide bonds. The van der Waals surface area contributed by atoms with Crippen LogP contribution in [0.1, 0.15) is 11.1 Å². The highest BCUT2D eigenvalue weighted by molar-refractivity contribution is 6.40. The van der Waals surface area contributed by atoms with Crippen molar-refractivity contribution in [1.82, 2.24) is 0 Å². The van der Waals surface area contributed by atoms with E-state index in [1.807, 2.05) is 42.5 Å². The molecule has 0 spiro atoms. The molecule has 0 unspecified atom stereocenters. The van der Waals surface area contributed by atoms with Gasteiger partial charge in [0.1, 0.15) is 17.2 Å². The van der Waals surface area contributed by atoms with Crippen LogP contribution in [0.15, 0.2) is 91.0 Å². The smallest absolute Gasteiger partial charge is 0.490 e. The lowest BCUT2D eigenvalue weighted by molar-refractivity contribution is 0.107. The van der Waals surface area contributed by atoms with Gasteiger partial charge in [-0.1, -0.05) is 88.9 Å². The first kappa shape index (κ1) is 25.6. The lowest BCUT2D eigenvalue weighted by Crippen LogP contribution is -2.37. The Kier molecular flexibility index (Phi) is 9.08. The van der Waals surface area contributed by atoms with Gasteiger partial charge in [0.15, 0.2) is 0 Å². The molecule has 4 aromatic carbocycles. The van der Waals surface area contributed by atoms with E-state index in [4.69, 9.17) is 65.1 Å². The van der Waals surface area contributed by atoms with Gasteiger partial charge in [-0.25, -0.2) is 0 Å². The molecular weight excluding hydrogens is 529 g/mol. The Balaban J connectivity index is 1.44. The highest BCUT2D eigenvalue weighted by Crippen LogP contribution is 2.28. The molecule has 4 nitrogen and oxygen atoms in total. The predicted molar refractivity (Wildman–Crippen MR) is 142 cm³/mol. The van der Waals surface area contributed by atoms with E-state index in [2.05, 4.69) is 0 Å². The van der Waals surface area contributed by atoms with Gasteiger partial charge < -0.3 is 18.7 Å².